The number of anilines is 1. The predicted octanol–water partition coefficient (Wildman–Crippen LogP) is 5.53. The minimum Gasteiger partial charge on any atom is -0.379 e. The monoisotopic (exact) mass is 581 g/mol. The molecule has 3 heterocycles. The third-order valence-corrected chi connectivity index (χ3v) is 9.85. The van der Waals surface area contributed by atoms with E-state index in [2.05, 4.69) is 4.57 Å². The Morgan fingerprint density at radius 3 is 2.51 bits per heavy atom. The van der Waals surface area contributed by atoms with Crippen molar-refractivity contribution in [3.63, 3.8) is 0 Å². The first-order valence-electron chi connectivity index (χ1n) is 12.5. The second kappa shape index (κ2) is 10.1. The fourth-order valence-corrected chi connectivity index (χ4v) is 6.93. The molecule has 0 N–H and O–H groups in total. The van der Waals surface area contributed by atoms with E-state index >= 15 is 0 Å². The van der Waals surface area contributed by atoms with Crippen LogP contribution in [-0.2, 0) is 26.1 Å². The lowest BCUT2D eigenvalue weighted by Crippen LogP contribution is -2.40. The maximum Gasteiger partial charge on any atom is 0.258 e. The maximum atomic E-state index is 13.4. The van der Waals surface area contributed by atoms with Crippen LogP contribution < -0.4 is 4.90 Å². The summed E-state index contributed by atoms with van der Waals surface area (Å²) in [5.41, 5.74) is 4.56. The number of likely N-dealkylation sites (N-methyl/N-ethyl adjacent to an activating group) is 1. The van der Waals surface area contributed by atoms with Crippen LogP contribution in [0.15, 0.2) is 71.8 Å². The number of fused-ring (bicyclic) bond motifs is 2. The minimum absolute atomic E-state index is 0.166. The van der Waals surface area contributed by atoms with Crippen LogP contribution in [0.1, 0.15) is 16.7 Å². The molecule has 0 aliphatic carbocycles. The molecule has 1 fully saturated rings. The summed E-state index contributed by atoms with van der Waals surface area (Å²) in [6.45, 7) is 1.90. The molecule has 0 bridgehead atoms. The smallest absolute Gasteiger partial charge is 0.258 e. The summed E-state index contributed by atoms with van der Waals surface area (Å²) in [6.07, 6.45) is 3.85. The molecule has 0 spiro atoms. The number of carbonyl (C=O) groups is 1. The van der Waals surface area contributed by atoms with Crippen molar-refractivity contribution in [1.29, 1.82) is 0 Å². The van der Waals surface area contributed by atoms with E-state index in [9.17, 15) is 13.2 Å². The van der Waals surface area contributed by atoms with Crippen LogP contribution >= 0.6 is 23.2 Å². The van der Waals surface area contributed by atoms with Crippen LogP contribution in [-0.4, -0.2) is 56.5 Å². The lowest BCUT2D eigenvalue weighted by atomic mass is 10.0. The number of sulfonamides is 1. The number of benzene rings is 3. The van der Waals surface area contributed by atoms with E-state index in [0.717, 1.165) is 22.0 Å². The van der Waals surface area contributed by atoms with Gasteiger partial charge >= 0.3 is 0 Å². The molecule has 39 heavy (non-hydrogen) atoms. The van der Waals surface area contributed by atoms with Crippen LogP contribution in [0.4, 0.5) is 5.69 Å². The van der Waals surface area contributed by atoms with Gasteiger partial charge in [0, 0.05) is 60.5 Å². The van der Waals surface area contributed by atoms with Gasteiger partial charge in [0.25, 0.3) is 5.91 Å². The normalized spacial score (nSPS) is 17.4. The summed E-state index contributed by atoms with van der Waals surface area (Å²) in [5, 5.41) is 1.97. The first-order chi connectivity index (χ1) is 18.7. The van der Waals surface area contributed by atoms with Crippen molar-refractivity contribution in [2.45, 2.75) is 11.4 Å². The number of halogens is 2. The lowest BCUT2D eigenvalue weighted by molar-refractivity contribution is -0.112. The number of hydrogen-bond acceptors (Lipinski definition) is 4. The van der Waals surface area contributed by atoms with E-state index in [1.807, 2.05) is 48.7 Å². The molecule has 200 valence electrons. The van der Waals surface area contributed by atoms with Gasteiger partial charge in [-0.25, -0.2) is 8.42 Å². The molecule has 10 heteroatoms. The van der Waals surface area contributed by atoms with Crippen molar-refractivity contribution in [3.05, 3.63) is 93.6 Å². The topological polar surface area (TPSA) is 71.9 Å². The summed E-state index contributed by atoms with van der Waals surface area (Å²) in [5.74, 6) is -0.188. The van der Waals surface area contributed by atoms with Gasteiger partial charge in [-0.3, -0.25) is 4.79 Å². The molecular weight excluding hydrogens is 557 g/mol. The highest BCUT2D eigenvalue weighted by Gasteiger charge is 2.33. The third kappa shape index (κ3) is 4.66. The van der Waals surface area contributed by atoms with Gasteiger partial charge in [0.05, 0.1) is 33.8 Å². The van der Waals surface area contributed by atoms with Crippen molar-refractivity contribution >= 4 is 67.4 Å². The first-order valence-corrected chi connectivity index (χ1v) is 14.7. The molecule has 0 unspecified atom stereocenters. The largest absolute Gasteiger partial charge is 0.379 e. The number of hydrogen-bond donors (Lipinski definition) is 0. The minimum atomic E-state index is -3.71. The molecule has 1 aromatic heterocycles. The van der Waals surface area contributed by atoms with Gasteiger partial charge in [-0.1, -0.05) is 47.5 Å². The SMILES string of the molecule is CN1C(=O)C(=Cc2cn(Cc3ccc(Cl)c(Cl)c3)c3ccccc23)c2cc(S(=O)(=O)N3CCOCC3)ccc21. The van der Waals surface area contributed by atoms with Gasteiger partial charge in [-0.15, -0.1) is 0 Å². The number of amides is 1. The molecule has 3 aromatic carbocycles. The summed E-state index contributed by atoms with van der Waals surface area (Å²) >= 11 is 12.3. The Kier molecular flexibility index (Phi) is 6.77. The van der Waals surface area contributed by atoms with Crippen LogP contribution in [0.25, 0.3) is 22.6 Å². The lowest BCUT2D eigenvalue weighted by Gasteiger charge is -2.26. The van der Waals surface area contributed by atoms with Crippen molar-refractivity contribution < 1.29 is 17.9 Å². The molecule has 4 aromatic rings. The van der Waals surface area contributed by atoms with Gasteiger partial charge in [0.15, 0.2) is 0 Å². The second-order valence-electron chi connectivity index (χ2n) is 9.60. The number of carbonyl (C=O) groups excluding carboxylic acids is 1. The molecule has 2 aliphatic heterocycles. The highest BCUT2D eigenvalue weighted by molar-refractivity contribution is 7.89. The Morgan fingerprint density at radius 1 is 0.974 bits per heavy atom. The Morgan fingerprint density at radius 2 is 1.74 bits per heavy atom. The summed E-state index contributed by atoms with van der Waals surface area (Å²) < 4.78 is 35.5. The zero-order valence-corrected chi connectivity index (χ0v) is 23.4. The van der Waals surface area contributed by atoms with Crippen molar-refractivity contribution in [3.8, 4) is 0 Å². The van der Waals surface area contributed by atoms with E-state index in [1.165, 1.54) is 4.31 Å². The molecule has 0 radical (unpaired) electrons. The quantitative estimate of drug-likeness (QED) is 0.290. The van der Waals surface area contributed by atoms with Gasteiger partial charge < -0.3 is 14.2 Å². The number of aromatic nitrogens is 1. The molecule has 0 saturated carbocycles. The van der Waals surface area contributed by atoms with Gasteiger partial charge in [0.2, 0.25) is 10.0 Å². The maximum absolute atomic E-state index is 13.4. The van der Waals surface area contributed by atoms with E-state index in [0.29, 0.717) is 59.7 Å². The van der Waals surface area contributed by atoms with Gasteiger partial charge in [0.1, 0.15) is 0 Å². The molecular formula is C29H25Cl2N3O4S. The number of para-hydroxylation sites is 1. The van der Waals surface area contributed by atoms with Crippen molar-refractivity contribution in [2.75, 3.05) is 38.3 Å². The van der Waals surface area contributed by atoms with Gasteiger partial charge in [-0.2, -0.15) is 4.31 Å². The Labute approximate surface area is 236 Å². The second-order valence-corrected chi connectivity index (χ2v) is 12.3. The van der Waals surface area contributed by atoms with Crippen molar-refractivity contribution in [2.24, 2.45) is 0 Å². The zero-order valence-electron chi connectivity index (χ0n) is 21.1. The molecule has 7 nitrogen and oxygen atoms in total. The Balaban J connectivity index is 1.43. The zero-order chi connectivity index (χ0) is 27.3. The highest BCUT2D eigenvalue weighted by Crippen LogP contribution is 2.40. The molecule has 1 saturated heterocycles. The standard InChI is InChI=1S/C29H25Cl2N3O4S/c1-32-27-9-7-21(39(36,37)34-10-12-38-13-11-34)16-23(27)24(29(32)35)15-20-18-33(28-5-3-2-4-22(20)28)17-19-6-8-25(30)26(31)14-19/h2-9,14-16,18H,10-13,17H2,1H3. The molecule has 6 rings (SSSR count). The number of ether oxygens (including phenoxy) is 1. The summed E-state index contributed by atoms with van der Waals surface area (Å²) in [4.78, 5) is 15.1. The number of nitrogens with zero attached hydrogens (tertiary/aromatic N) is 3. The van der Waals surface area contributed by atoms with E-state index < -0.39 is 10.0 Å². The average molecular weight is 583 g/mol. The third-order valence-electron chi connectivity index (χ3n) is 7.22. The van der Waals surface area contributed by atoms with E-state index in [4.69, 9.17) is 27.9 Å². The Hall–Kier alpha value is -3.14. The van der Waals surface area contributed by atoms with Crippen LogP contribution in [0.2, 0.25) is 10.0 Å². The fraction of sp³-hybridized carbons (Fsp3) is 0.207. The van der Waals surface area contributed by atoms with Crippen LogP contribution in [0.5, 0.6) is 0 Å². The molecule has 1 amide bonds. The van der Waals surface area contributed by atoms with Gasteiger partial charge in [-0.05, 0) is 48.0 Å². The first kappa shape index (κ1) is 26.1. The van der Waals surface area contributed by atoms with Crippen LogP contribution in [0.3, 0.4) is 0 Å². The highest BCUT2D eigenvalue weighted by atomic mass is 35.5. The van der Waals surface area contributed by atoms with E-state index in [-0.39, 0.29) is 10.8 Å². The average Bonchev–Trinajstić information content (AvgIpc) is 3.41. The summed E-state index contributed by atoms with van der Waals surface area (Å²) in [6, 6.07) is 18.4. The molecule has 2 aliphatic rings. The predicted molar refractivity (Wildman–Crippen MR) is 155 cm³/mol. The number of morpholine rings is 1. The Bertz CT molecular complexity index is 1760. The van der Waals surface area contributed by atoms with E-state index in [1.54, 1.807) is 36.2 Å². The van der Waals surface area contributed by atoms with Crippen LogP contribution in [0, 0.1) is 0 Å². The molecule has 0 atom stereocenters. The number of rotatable bonds is 5. The fourth-order valence-electron chi connectivity index (χ4n) is 5.18. The van der Waals surface area contributed by atoms with Crippen molar-refractivity contribution in [1.82, 2.24) is 8.87 Å². The summed E-state index contributed by atoms with van der Waals surface area (Å²) in [7, 11) is -2.01.